The highest BCUT2D eigenvalue weighted by Crippen LogP contribution is 2.25. The van der Waals surface area contributed by atoms with Gasteiger partial charge in [0.1, 0.15) is 5.75 Å². The first-order chi connectivity index (χ1) is 9.08. The molecule has 1 amide bonds. The summed E-state index contributed by atoms with van der Waals surface area (Å²) in [6, 6.07) is 7.48. The van der Waals surface area contributed by atoms with E-state index < -0.39 is 0 Å². The Bertz CT molecular complexity index is 401. The second-order valence-electron chi connectivity index (χ2n) is 5.03. The van der Waals surface area contributed by atoms with Crippen molar-refractivity contribution in [2.45, 2.75) is 27.2 Å². The quantitative estimate of drug-likeness (QED) is 0.795. The summed E-state index contributed by atoms with van der Waals surface area (Å²) in [6.45, 7) is 7.11. The lowest BCUT2D eigenvalue weighted by atomic mass is 10.1. The van der Waals surface area contributed by atoms with Crippen LogP contribution in [0.4, 0.5) is 5.69 Å². The highest BCUT2D eigenvalue weighted by molar-refractivity contribution is 5.94. The Morgan fingerprint density at radius 1 is 1.37 bits per heavy atom. The minimum atomic E-state index is -0.154. The van der Waals surface area contributed by atoms with Gasteiger partial charge in [-0.2, -0.15) is 0 Å². The van der Waals surface area contributed by atoms with E-state index in [9.17, 15) is 4.79 Å². The van der Waals surface area contributed by atoms with Gasteiger partial charge in [-0.15, -0.1) is 0 Å². The molecule has 19 heavy (non-hydrogen) atoms. The number of ether oxygens (including phenoxy) is 1. The molecule has 1 aromatic rings. The van der Waals surface area contributed by atoms with Gasteiger partial charge in [0.15, 0.2) is 0 Å². The molecule has 0 spiro atoms. The first-order valence-electron chi connectivity index (χ1n) is 6.81. The summed E-state index contributed by atoms with van der Waals surface area (Å²) in [5, 5.41) is 2.89. The van der Waals surface area contributed by atoms with Crippen LogP contribution in [0.5, 0.6) is 5.75 Å². The summed E-state index contributed by atoms with van der Waals surface area (Å²) in [5.74, 6) is 0.941. The third kappa shape index (κ3) is 4.91. The lowest BCUT2D eigenvalue weighted by Gasteiger charge is -2.16. The molecular weight excluding hydrogens is 240 g/mol. The van der Waals surface area contributed by atoms with Crippen LogP contribution in [0, 0.1) is 11.8 Å². The normalized spacial score (nSPS) is 12.3. The summed E-state index contributed by atoms with van der Waals surface area (Å²) in [6.07, 6.45) is 0.733. The van der Waals surface area contributed by atoms with Crippen LogP contribution < -0.4 is 15.8 Å². The van der Waals surface area contributed by atoms with Gasteiger partial charge in [-0.3, -0.25) is 4.79 Å². The summed E-state index contributed by atoms with van der Waals surface area (Å²) < 4.78 is 5.70. The smallest absolute Gasteiger partial charge is 0.228 e. The van der Waals surface area contributed by atoms with Crippen LogP contribution in [0.3, 0.4) is 0 Å². The fraction of sp³-hybridized carbons (Fsp3) is 0.533. The minimum absolute atomic E-state index is 0.0504. The molecule has 1 unspecified atom stereocenters. The summed E-state index contributed by atoms with van der Waals surface area (Å²) >= 11 is 0. The fourth-order valence-electron chi connectivity index (χ4n) is 1.65. The van der Waals surface area contributed by atoms with E-state index in [1.54, 1.807) is 0 Å². The Kier molecular flexibility index (Phi) is 6.36. The molecule has 4 nitrogen and oxygen atoms in total. The molecule has 1 aromatic carbocycles. The molecule has 0 fully saturated rings. The van der Waals surface area contributed by atoms with Gasteiger partial charge in [0.25, 0.3) is 0 Å². The van der Waals surface area contributed by atoms with Gasteiger partial charge in [0.2, 0.25) is 5.91 Å². The summed E-state index contributed by atoms with van der Waals surface area (Å²) in [7, 11) is 0. The molecule has 106 valence electrons. The Hall–Kier alpha value is -1.55. The van der Waals surface area contributed by atoms with E-state index in [-0.39, 0.29) is 11.8 Å². The van der Waals surface area contributed by atoms with Crippen molar-refractivity contribution in [3.8, 4) is 5.75 Å². The van der Waals surface area contributed by atoms with Crippen LogP contribution >= 0.6 is 0 Å². The first-order valence-corrected chi connectivity index (χ1v) is 6.81. The number of carbonyl (C=O) groups excluding carboxylic acids is 1. The molecule has 1 atom stereocenters. The molecule has 0 aromatic heterocycles. The maximum Gasteiger partial charge on any atom is 0.228 e. The molecule has 1 rings (SSSR count). The van der Waals surface area contributed by atoms with E-state index in [1.165, 1.54) is 0 Å². The van der Waals surface area contributed by atoms with Gasteiger partial charge < -0.3 is 15.8 Å². The van der Waals surface area contributed by atoms with Crippen molar-refractivity contribution in [1.82, 2.24) is 0 Å². The van der Waals surface area contributed by atoms with Crippen molar-refractivity contribution >= 4 is 11.6 Å². The topological polar surface area (TPSA) is 64.4 Å². The molecule has 0 heterocycles. The molecule has 0 bridgehead atoms. The largest absolute Gasteiger partial charge is 0.491 e. The Morgan fingerprint density at radius 2 is 2.05 bits per heavy atom. The predicted molar refractivity (Wildman–Crippen MR) is 78.2 cm³/mol. The Morgan fingerprint density at radius 3 is 2.63 bits per heavy atom. The number of carbonyl (C=O) groups is 1. The van der Waals surface area contributed by atoms with Crippen molar-refractivity contribution in [2.75, 3.05) is 18.5 Å². The van der Waals surface area contributed by atoms with Gasteiger partial charge in [-0.05, 0) is 24.5 Å². The average molecular weight is 264 g/mol. The van der Waals surface area contributed by atoms with E-state index in [0.29, 0.717) is 30.5 Å². The van der Waals surface area contributed by atoms with Crippen molar-refractivity contribution in [2.24, 2.45) is 17.6 Å². The second kappa shape index (κ2) is 7.79. The van der Waals surface area contributed by atoms with E-state index in [1.807, 2.05) is 31.2 Å². The molecule has 0 aliphatic heterocycles. The zero-order valence-corrected chi connectivity index (χ0v) is 12.0. The van der Waals surface area contributed by atoms with Gasteiger partial charge in [-0.25, -0.2) is 0 Å². The number of nitrogens with one attached hydrogen (secondary N) is 1. The third-order valence-corrected chi connectivity index (χ3v) is 2.87. The minimum Gasteiger partial charge on any atom is -0.491 e. The number of para-hydroxylation sites is 2. The van der Waals surface area contributed by atoms with Crippen LogP contribution in [0.15, 0.2) is 24.3 Å². The fourth-order valence-corrected chi connectivity index (χ4v) is 1.65. The second-order valence-corrected chi connectivity index (χ2v) is 5.03. The van der Waals surface area contributed by atoms with E-state index in [2.05, 4.69) is 19.2 Å². The highest BCUT2D eigenvalue weighted by atomic mass is 16.5. The number of hydrogen-bond acceptors (Lipinski definition) is 3. The maximum atomic E-state index is 12.0. The first kappa shape index (κ1) is 15.5. The monoisotopic (exact) mass is 264 g/mol. The van der Waals surface area contributed by atoms with Gasteiger partial charge in [-0.1, -0.05) is 32.9 Å². The van der Waals surface area contributed by atoms with Crippen LogP contribution in [0.1, 0.15) is 27.2 Å². The molecule has 0 saturated heterocycles. The summed E-state index contributed by atoms with van der Waals surface area (Å²) in [5.41, 5.74) is 6.29. The molecule has 0 radical (unpaired) electrons. The van der Waals surface area contributed by atoms with Crippen LogP contribution in [0.25, 0.3) is 0 Å². The van der Waals surface area contributed by atoms with E-state index in [0.717, 1.165) is 6.42 Å². The van der Waals surface area contributed by atoms with Crippen molar-refractivity contribution in [3.63, 3.8) is 0 Å². The molecule has 4 heteroatoms. The number of benzene rings is 1. The van der Waals surface area contributed by atoms with E-state index in [4.69, 9.17) is 10.5 Å². The van der Waals surface area contributed by atoms with Crippen molar-refractivity contribution in [1.29, 1.82) is 0 Å². The highest BCUT2D eigenvalue weighted by Gasteiger charge is 2.16. The molecule has 0 aliphatic rings. The number of amides is 1. The van der Waals surface area contributed by atoms with Gasteiger partial charge >= 0.3 is 0 Å². The van der Waals surface area contributed by atoms with Gasteiger partial charge in [0, 0.05) is 6.54 Å². The Balaban J connectivity index is 2.74. The molecule has 0 saturated carbocycles. The van der Waals surface area contributed by atoms with Gasteiger partial charge in [0.05, 0.1) is 18.2 Å². The SMILES string of the molecule is CCC(CN)C(=O)Nc1ccccc1OCC(C)C. The number of nitrogens with two attached hydrogens (primary N) is 1. The van der Waals surface area contributed by atoms with Crippen molar-refractivity contribution in [3.05, 3.63) is 24.3 Å². The van der Waals surface area contributed by atoms with Crippen LogP contribution in [-0.2, 0) is 4.79 Å². The third-order valence-electron chi connectivity index (χ3n) is 2.87. The average Bonchev–Trinajstić information content (AvgIpc) is 2.39. The summed E-state index contributed by atoms with van der Waals surface area (Å²) in [4.78, 5) is 12.0. The number of hydrogen-bond donors (Lipinski definition) is 2. The van der Waals surface area contributed by atoms with Crippen LogP contribution in [0.2, 0.25) is 0 Å². The number of rotatable bonds is 7. The maximum absolute atomic E-state index is 12.0. The standard InChI is InChI=1S/C15H24N2O2/c1-4-12(9-16)15(18)17-13-7-5-6-8-14(13)19-10-11(2)3/h5-8,11-12H,4,9-10,16H2,1-3H3,(H,17,18). The Labute approximate surface area is 115 Å². The van der Waals surface area contributed by atoms with Crippen LogP contribution in [-0.4, -0.2) is 19.1 Å². The van der Waals surface area contributed by atoms with E-state index >= 15 is 0 Å². The van der Waals surface area contributed by atoms with Crippen molar-refractivity contribution < 1.29 is 9.53 Å². The predicted octanol–water partition coefficient (Wildman–Crippen LogP) is 2.64. The lowest BCUT2D eigenvalue weighted by molar-refractivity contribution is -0.119. The molecule has 0 aliphatic carbocycles. The zero-order valence-electron chi connectivity index (χ0n) is 12.0. The number of anilines is 1. The zero-order chi connectivity index (χ0) is 14.3. The molecule has 3 N–H and O–H groups in total. The molecular formula is C15H24N2O2. The lowest BCUT2D eigenvalue weighted by Crippen LogP contribution is -2.28.